The van der Waals surface area contributed by atoms with Crippen molar-refractivity contribution >= 4 is 23.5 Å². The number of hydrogen-bond donors (Lipinski definition) is 3. The zero-order valence-corrected chi connectivity index (χ0v) is 10.4. The van der Waals surface area contributed by atoms with E-state index >= 15 is 0 Å². The minimum Gasteiger partial charge on any atom is -0.480 e. The summed E-state index contributed by atoms with van der Waals surface area (Å²) in [6.07, 6.45) is 0. The molecule has 1 aromatic rings. The number of rotatable bonds is 5. The molecule has 0 aliphatic rings. The van der Waals surface area contributed by atoms with E-state index in [1.807, 2.05) is 0 Å². The number of nitrogens with zero attached hydrogens (tertiary/aromatic N) is 1. The molecular weight excluding hydrogens is 250 g/mol. The summed E-state index contributed by atoms with van der Waals surface area (Å²) in [7, 11) is 1.35. The predicted molar refractivity (Wildman–Crippen MR) is 68.5 cm³/mol. The summed E-state index contributed by atoms with van der Waals surface area (Å²) in [5.41, 5.74) is 6.40. The number of nitrogen functional groups attached to an aromatic ring is 1. The molecule has 7 nitrogen and oxygen atoms in total. The maximum absolute atomic E-state index is 11.7. The molecule has 102 valence electrons. The summed E-state index contributed by atoms with van der Waals surface area (Å²) >= 11 is 0. The van der Waals surface area contributed by atoms with Gasteiger partial charge in [-0.1, -0.05) is 0 Å². The Morgan fingerprint density at radius 3 is 2.37 bits per heavy atom. The van der Waals surface area contributed by atoms with Crippen molar-refractivity contribution in [3.05, 3.63) is 29.8 Å². The lowest BCUT2D eigenvalue weighted by atomic mass is 10.2. The predicted octanol–water partition coefficient (Wildman–Crippen LogP) is -0.458. The topological polar surface area (TPSA) is 113 Å². The van der Waals surface area contributed by atoms with E-state index in [4.69, 9.17) is 10.8 Å². The Balaban J connectivity index is 2.48. The maximum atomic E-state index is 11.7. The number of likely N-dealkylation sites (N-methyl/N-ethyl adjacent to an activating group) is 1. The lowest BCUT2D eigenvalue weighted by Crippen LogP contribution is -2.40. The van der Waals surface area contributed by atoms with Crippen LogP contribution in [0.4, 0.5) is 5.69 Å². The van der Waals surface area contributed by atoms with Gasteiger partial charge in [-0.3, -0.25) is 14.4 Å². The lowest BCUT2D eigenvalue weighted by Gasteiger charge is -2.14. The third-order valence-electron chi connectivity index (χ3n) is 2.37. The molecule has 1 aromatic carbocycles. The monoisotopic (exact) mass is 265 g/mol. The average molecular weight is 265 g/mol. The Bertz CT molecular complexity index is 484. The van der Waals surface area contributed by atoms with Gasteiger partial charge in [-0.05, 0) is 24.3 Å². The number of benzene rings is 1. The molecule has 0 heterocycles. The molecule has 0 fully saturated rings. The van der Waals surface area contributed by atoms with Gasteiger partial charge in [0.25, 0.3) is 5.91 Å². The first-order chi connectivity index (χ1) is 8.90. The largest absolute Gasteiger partial charge is 0.480 e. The van der Waals surface area contributed by atoms with Crippen molar-refractivity contribution in [1.82, 2.24) is 10.2 Å². The zero-order valence-electron chi connectivity index (χ0n) is 10.4. The second-order valence-electron chi connectivity index (χ2n) is 3.95. The summed E-state index contributed by atoms with van der Waals surface area (Å²) in [5, 5.41) is 10.9. The first-order valence-corrected chi connectivity index (χ1v) is 5.49. The molecule has 0 radical (unpaired) electrons. The first-order valence-electron chi connectivity index (χ1n) is 5.49. The number of amides is 2. The Labute approximate surface area is 110 Å². The second-order valence-corrected chi connectivity index (χ2v) is 3.95. The Morgan fingerprint density at radius 1 is 1.26 bits per heavy atom. The highest BCUT2D eigenvalue weighted by molar-refractivity contribution is 5.96. The van der Waals surface area contributed by atoms with Crippen molar-refractivity contribution in [2.45, 2.75) is 0 Å². The lowest BCUT2D eigenvalue weighted by molar-refractivity contribution is -0.143. The van der Waals surface area contributed by atoms with Gasteiger partial charge in [-0.15, -0.1) is 0 Å². The number of nitrogens with one attached hydrogen (secondary N) is 1. The summed E-state index contributed by atoms with van der Waals surface area (Å²) in [6, 6.07) is 6.23. The van der Waals surface area contributed by atoms with Crippen LogP contribution in [0.5, 0.6) is 0 Å². The van der Waals surface area contributed by atoms with Crippen LogP contribution >= 0.6 is 0 Å². The molecule has 2 amide bonds. The molecule has 1 rings (SSSR count). The number of aliphatic carboxylic acids is 1. The van der Waals surface area contributed by atoms with E-state index in [2.05, 4.69) is 5.32 Å². The molecule has 0 aliphatic heterocycles. The van der Waals surface area contributed by atoms with Gasteiger partial charge in [0.2, 0.25) is 5.91 Å². The van der Waals surface area contributed by atoms with Gasteiger partial charge < -0.3 is 21.1 Å². The third kappa shape index (κ3) is 4.66. The second kappa shape index (κ2) is 6.39. The van der Waals surface area contributed by atoms with Gasteiger partial charge in [0.1, 0.15) is 6.54 Å². The van der Waals surface area contributed by atoms with Crippen LogP contribution in [0.3, 0.4) is 0 Å². The van der Waals surface area contributed by atoms with Crippen LogP contribution in [0.25, 0.3) is 0 Å². The molecule has 0 saturated heterocycles. The molecule has 4 N–H and O–H groups in total. The SMILES string of the molecule is CN(CC(=O)O)C(=O)CNC(=O)c1ccc(N)cc1. The molecule has 0 atom stereocenters. The molecule has 0 saturated carbocycles. The fourth-order valence-electron chi connectivity index (χ4n) is 1.32. The van der Waals surface area contributed by atoms with Crippen molar-refractivity contribution in [1.29, 1.82) is 0 Å². The van der Waals surface area contributed by atoms with Crippen molar-refractivity contribution in [2.24, 2.45) is 0 Å². The van der Waals surface area contributed by atoms with Gasteiger partial charge in [0, 0.05) is 18.3 Å². The number of hydrogen-bond acceptors (Lipinski definition) is 4. The van der Waals surface area contributed by atoms with Crippen LogP contribution in [0.2, 0.25) is 0 Å². The van der Waals surface area contributed by atoms with E-state index < -0.39 is 24.3 Å². The van der Waals surface area contributed by atoms with Gasteiger partial charge in [-0.2, -0.15) is 0 Å². The fraction of sp³-hybridized carbons (Fsp3) is 0.250. The van der Waals surface area contributed by atoms with Gasteiger partial charge in [0.05, 0.1) is 6.54 Å². The minimum absolute atomic E-state index is 0.257. The minimum atomic E-state index is -1.11. The standard InChI is InChI=1S/C12H15N3O4/c1-15(7-11(17)18)10(16)6-14-12(19)8-2-4-9(13)5-3-8/h2-5H,6-7,13H2,1H3,(H,14,19)(H,17,18). The number of carbonyl (C=O) groups is 3. The van der Waals surface area contributed by atoms with E-state index in [-0.39, 0.29) is 6.54 Å². The molecule has 19 heavy (non-hydrogen) atoms. The van der Waals surface area contributed by atoms with Crippen molar-refractivity contribution in [2.75, 3.05) is 25.9 Å². The van der Waals surface area contributed by atoms with Crippen LogP contribution in [0.1, 0.15) is 10.4 Å². The zero-order chi connectivity index (χ0) is 14.4. The van der Waals surface area contributed by atoms with E-state index in [0.29, 0.717) is 11.3 Å². The Morgan fingerprint density at radius 2 is 1.84 bits per heavy atom. The molecule has 0 spiro atoms. The van der Waals surface area contributed by atoms with Crippen LogP contribution in [0.15, 0.2) is 24.3 Å². The van der Waals surface area contributed by atoms with Crippen LogP contribution < -0.4 is 11.1 Å². The van der Waals surface area contributed by atoms with Crippen LogP contribution in [0, 0.1) is 0 Å². The molecular formula is C12H15N3O4. The van der Waals surface area contributed by atoms with E-state index in [0.717, 1.165) is 4.90 Å². The highest BCUT2D eigenvalue weighted by Gasteiger charge is 2.13. The van der Waals surface area contributed by atoms with Gasteiger partial charge >= 0.3 is 5.97 Å². The Hall–Kier alpha value is -2.57. The fourth-order valence-corrected chi connectivity index (χ4v) is 1.32. The number of carbonyl (C=O) groups excluding carboxylic acids is 2. The smallest absolute Gasteiger partial charge is 0.323 e. The van der Waals surface area contributed by atoms with Crippen molar-refractivity contribution in [3.63, 3.8) is 0 Å². The highest BCUT2D eigenvalue weighted by Crippen LogP contribution is 2.04. The van der Waals surface area contributed by atoms with Gasteiger partial charge in [-0.25, -0.2) is 0 Å². The van der Waals surface area contributed by atoms with Crippen LogP contribution in [-0.4, -0.2) is 47.9 Å². The van der Waals surface area contributed by atoms with E-state index in [9.17, 15) is 14.4 Å². The quantitative estimate of drug-likeness (QED) is 0.624. The average Bonchev–Trinajstić information content (AvgIpc) is 2.35. The first kappa shape index (κ1) is 14.5. The Kier molecular flexibility index (Phi) is 4.87. The van der Waals surface area contributed by atoms with Gasteiger partial charge in [0.15, 0.2) is 0 Å². The van der Waals surface area contributed by atoms with E-state index in [1.165, 1.54) is 19.2 Å². The number of carboxylic acids is 1. The maximum Gasteiger partial charge on any atom is 0.323 e. The summed E-state index contributed by atoms with van der Waals surface area (Å²) in [5.74, 6) is -2.01. The summed E-state index contributed by atoms with van der Waals surface area (Å²) in [4.78, 5) is 34.6. The van der Waals surface area contributed by atoms with Crippen molar-refractivity contribution < 1.29 is 19.5 Å². The van der Waals surface area contributed by atoms with Crippen molar-refractivity contribution in [3.8, 4) is 0 Å². The number of carboxylic acid groups (broad SMARTS) is 1. The highest BCUT2D eigenvalue weighted by atomic mass is 16.4. The summed E-state index contributed by atoms with van der Waals surface area (Å²) in [6.45, 7) is -0.663. The summed E-state index contributed by atoms with van der Waals surface area (Å²) < 4.78 is 0. The third-order valence-corrected chi connectivity index (χ3v) is 2.37. The van der Waals surface area contributed by atoms with Crippen LogP contribution in [-0.2, 0) is 9.59 Å². The molecule has 0 bridgehead atoms. The molecule has 0 unspecified atom stereocenters. The normalized spacial score (nSPS) is 9.74. The number of anilines is 1. The molecule has 7 heteroatoms. The van der Waals surface area contributed by atoms with E-state index in [1.54, 1.807) is 12.1 Å². The molecule has 0 aromatic heterocycles. The number of nitrogens with two attached hydrogens (primary N) is 1. The molecule has 0 aliphatic carbocycles.